The van der Waals surface area contributed by atoms with Crippen molar-refractivity contribution in [2.45, 2.75) is 26.0 Å². The van der Waals surface area contributed by atoms with Gasteiger partial charge in [-0.05, 0) is 31.5 Å². The summed E-state index contributed by atoms with van der Waals surface area (Å²) in [7, 11) is 1.68. The van der Waals surface area contributed by atoms with Gasteiger partial charge in [0.05, 0.1) is 6.04 Å². The van der Waals surface area contributed by atoms with E-state index in [4.69, 9.17) is 27.9 Å². The maximum atomic E-state index is 5.94. The van der Waals surface area contributed by atoms with Gasteiger partial charge in [0.1, 0.15) is 22.9 Å². The van der Waals surface area contributed by atoms with Crippen LogP contribution >= 0.6 is 23.2 Å². The van der Waals surface area contributed by atoms with Crippen LogP contribution in [0.1, 0.15) is 24.4 Å². The van der Waals surface area contributed by atoms with Gasteiger partial charge >= 0.3 is 0 Å². The number of ether oxygens (including phenoxy) is 1. The maximum Gasteiger partial charge on any atom is 0.134 e. The first-order valence-electron chi connectivity index (χ1n) is 6.55. The fraction of sp³-hybridized carbons (Fsp3) is 0.333. The zero-order valence-corrected chi connectivity index (χ0v) is 13.6. The second-order valence-corrected chi connectivity index (χ2v) is 5.59. The average molecular weight is 326 g/mol. The highest BCUT2D eigenvalue weighted by Gasteiger charge is 2.19. The third-order valence-corrected chi connectivity index (χ3v) is 3.53. The van der Waals surface area contributed by atoms with Gasteiger partial charge in [0, 0.05) is 18.2 Å². The molecule has 0 aliphatic rings. The van der Waals surface area contributed by atoms with E-state index in [0.717, 1.165) is 5.56 Å². The first kappa shape index (κ1) is 16.0. The molecule has 6 heteroatoms. The Kier molecular flexibility index (Phi) is 5.39. The Balaban J connectivity index is 2.16. The summed E-state index contributed by atoms with van der Waals surface area (Å²) in [6, 6.07) is 9.30. The molecule has 0 fully saturated rings. The van der Waals surface area contributed by atoms with Crippen molar-refractivity contribution in [1.29, 1.82) is 0 Å². The predicted molar refractivity (Wildman–Crippen MR) is 86.1 cm³/mol. The van der Waals surface area contributed by atoms with E-state index in [2.05, 4.69) is 15.3 Å². The smallest absolute Gasteiger partial charge is 0.134 e. The summed E-state index contributed by atoms with van der Waals surface area (Å²) in [4.78, 5) is 8.36. The number of anilines is 1. The summed E-state index contributed by atoms with van der Waals surface area (Å²) in [6.45, 7) is 3.82. The first-order valence-corrected chi connectivity index (χ1v) is 7.31. The van der Waals surface area contributed by atoms with E-state index in [0.29, 0.717) is 21.8 Å². The Morgan fingerprint density at radius 2 is 1.81 bits per heavy atom. The summed E-state index contributed by atoms with van der Waals surface area (Å²) >= 11 is 11.9. The number of methoxy groups -OCH3 is 1. The molecule has 2 aromatic rings. The minimum Gasteiger partial charge on any atom is -0.375 e. The lowest BCUT2D eigenvalue weighted by atomic mass is 10.0. The second-order valence-electron chi connectivity index (χ2n) is 4.76. The molecule has 0 saturated carbocycles. The lowest BCUT2D eigenvalue weighted by Crippen LogP contribution is -2.26. The summed E-state index contributed by atoms with van der Waals surface area (Å²) in [5.74, 6) is 1.30. The topological polar surface area (TPSA) is 47.0 Å². The summed E-state index contributed by atoms with van der Waals surface area (Å²) in [6.07, 6.45) is -0.128. The van der Waals surface area contributed by atoms with Crippen molar-refractivity contribution in [2.24, 2.45) is 0 Å². The predicted octanol–water partition coefficient (Wildman–Crippen LogP) is 4.28. The monoisotopic (exact) mass is 325 g/mol. The molecule has 2 rings (SSSR count). The normalized spacial score (nSPS) is 13.8. The third kappa shape index (κ3) is 4.30. The molecule has 21 heavy (non-hydrogen) atoms. The van der Waals surface area contributed by atoms with E-state index in [1.165, 1.54) is 0 Å². The van der Waals surface area contributed by atoms with Crippen LogP contribution in [0.25, 0.3) is 0 Å². The van der Waals surface area contributed by atoms with Crippen LogP contribution in [0.15, 0.2) is 30.3 Å². The molecule has 0 amide bonds. The van der Waals surface area contributed by atoms with Gasteiger partial charge in [-0.3, -0.25) is 0 Å². The van der Waals surface area contributed by atoms with Crippen LogP contribution < -0.4 is 5.32 Å². The van der Waals surface area contributed by atoms with Crippen LogP contribution in [-0.4, -0.2) is 23.1 Å². The summed E-state index contributed by atoms with van der Waals surface area (Å²) in [5.41, 5.74) is 1.04. The first-order chi connectivity index (χ1) is 9.99. The third-order valence-electron chi connectivity index (χ3n) is 3.09. The number of benzene rings is 1. The minimum absolute atomic E-state index is 0.00143. The van der Waals surface area contributed by atoms with Gasteiger partial charge in [0.15, 0.2) is 0 Å². The number of nitrogens with one attached hydrogen (secondary N) is 1. The van der Waals surface area contributed by atoms with E-state index >= 15 is 0 Å². The molecule has 2 atom stereocenters. The molecule has 0 aliphatic heterocycles. The zero-order valence-electron chi connectivity index (χ0n) is 12.1. The van der Waals surface area contributed by atoms with Gasteiger partial charge in [-0.25, -0.2) is 9.97 Å². The van der Waals surface area contributed by atoms with Crippen LogP contribution in [0.5, 0.6) is 0 Å². The molecule has 0 saturated heterocycles. The van der Waals surface area contributed by atoms with Crippen molar-refractivity contribution in [3.05, 3.63) is 51.9 Å². The second kappa shape index (κ2) is 7.07. The molecule has 1 heterocycles. The standard InChI is InChI=1S/C15H17Cl2N3O/c1-9(18-14-8-13(17)19-10(2)20-14)15(21-3)11-4-6-12(16)7-5-11/h4-9,15H,1-3H3,(H,18,19,20). The highest BCUT2D eigenvalue weighted by molar-refractivity contribution is 6.30. The largest absolute Gasteiger partial charge is 0.375 e. The van der Waals surface area contributed by atoms with Gasteiger partial charge in [-0.1, -0.05) is 35.3 Å². The summed E-state index contributed by atoms with van der Waals surface area (Å²) < 4.78 is 5.59. The van der Waals surface area contributed by atoms with Crippen LogP contribution in [-0.2, 0) is 4.74 Å². The Morgan fingerprint density at radius 3 is 2.38 bits per heavy atom. The number of hydrogen-bond acceptors (Lipinski definition) is 4. The zero-order chi connectivity index (χ0) is 15.4. The van der Waals surface area contributed by atoms with E-state index in [9.17, 15) is 0 Å². The van der Waals surface area contributed by atoms with Crippen molar-refractivity contribution < 1.29 is 4.74 Å². The molecule has 112 valence electrons. The van der Waals surface area contributed by atoms with E-state index in [-0.39, 0.29) is 12.1 Å². The number of aryl methyl sites for hydroxylation is 1. The molecule has 2 unspecified atom stereocenters. The molecular formula is C15H17Cl2N3O. The number of nitrogens with zero attached hydrogens (tertiary/aromatic N) is 2. The van der Waals surface area contributed by atoms with Crippen molar-refractivity contribution >= 4 is 29.0 Å². The quantitative estimate of drug-likeness (QED) is 0.833. The molecule has 0 spiro atoms. The van der Waals surface area contributed by atoms with Crippen molar-refractivity contribution in [2.75, 3.05) is 12.4 Å². The van der Waals surface area contributed by atoms with Crippen LogP contribution in [0, 0.1) is 6.92 Å². The lowest BCUT2D eigenvalue weighted by molar-refractivity contribution is 0.0907. The van der Waals surface area contributed by atoms with E-state index in [1.807, 2.05) is 31.2 Å². The Morgan fingerprint density at radius 1 is 1.14 bits per heavy atom. The SMILES string of the molecule is COC(c1ccc(Cl)cc1)C(C)Nc1cc(Cl)nc(C)n1. The molecule has 4 nitrogen and oxygen atoms in total. The fourth-order valence-electron chi connectivity index (χ4n) is 2.20. The van der Waals surface area contributed by atoms with Crippen LogP contribution in [0.3, 0.4) is 0 Å². The Bertz CT molecular complexity index is 584. The molecule has 0 radical (unpaired) electrons. The maximum absolute atomic E-state index is 5.94. The van der Waals surface area contributed by atoms with Crippen LogP contribution in [0.2, 0.25) is 10.2 Å². The van der Waals surface area contributed by atoms with Gasteiger partial charge in [-0.2, -0.15) is 0 Å². The number of aromatic nitrogens is 2. The molecule has 1 aromatic carbocycles. The van der Waals surface area contributed by atoms with Crippen LogP contribution in [0.4, 0.5) is 5.82 Å². The van der Waals surface area contributed by atoms with Gasteiger partial charge in [0.25, 0.3) is 0 Å². The van der Waals surface area contributed by atoms with E-state index < -0.39 is 0 Å². The molecule has 0 bridgehead atoms. The number of hydrogen-bond donors (Lipinski definition) is 1. The number of rotatable bonds is 5. The highest BCUT2D eigenvalue weighted by atomic mass is 35.5. The number of halogens is 2. The van der Waals surface area contributed by atoms with Gasteiger partial charge < -0.3 is 10.1 Å². The van der Waals surface area contributed by atoms with Crippen molar-refractivity contribution in [1.82, 2.24) is 9.97 Å². The highest BCUT2D eigenvalue weighted by Crippen LogP contribution is 2.25. The fourth-order valence-corrected chi connectivity index (χ4v) is 2.55. The molecular weight excluding hydrogens is 309 g/mol. The molecule has 0 aliphatic carbocycles. The molecule has 1 N–H and O–H groups in total. The minimum atomic E-state index is -0.128. The summed E-state index contributed by atoms with van der Waals surface area (Å²) in [5, 5.41) is 4.41. The van der Waals surface area contributed by atoms with E-state index in [1.54, 1.807) is 20.1 Å². The van der Waals surface area contributed by atoms with Gasteiger partial charge in [-0.15, -0.1) is 0 Å². The van der Waals surface area contributed by atoms with Gasteiger partial charge in [0.2, 0.25) is 0 Å². The molecule has 1 aromatic heterocycles. The average Bonchev–Trinajstić information content (AvgIpc) is 2.40. The van der Waals surface area contributed by atoms with Crippen molar-refractivity contribution in [3.8, 4) is 0 Å². The lowest BCUT2D eigenvalue weighted by Gasteiger charge is -2.24. The Labute approximate surface area is 134 Å². The van der Waals surface area contributed by atoms with Crippen molar-refractivity contribution in [3.63, 3.8) is 0 Å². The Hall–Kier alpha value is -1.36.